The fourth-order valence-electron chi connectivity index (χ4n) is 1.72. The van der Waals surface area contributed by atoms with Gasteiger partial charge >= 0.3 is 0 Å². The van der Waals surface area contributed by atoms with Crippen LogP contribution in [0.1, 0.15) is 12.5 Å². The van der Waals surface area contributed by atoms with E-state index >= 15 is 0 Å². The van der Waals surface area contributed by atoms with Crippen LogP contribution in [0.2, 0.25) is 0 Å². The normalized spacial score (nSPS) is 11.3. The van der Waals surface area contributed by atoms with E-state index in [1.54, 1.807) is 21.3 Å². The van der Waals surface area contributed by atoms with Crippen molar-refractivity contribution < 1.29 is 23.7 Å². The van der Waals surface area contributed by atoms with Crippen LogP contribution in [0.5, 0.6) is 17.2 Å². The topological polar surface area (TPSA) is 46.2 Å². The molecule has 1 aromatic rings. The zero-order chi connectivity index (χ0) is 16.2. The number of rotatable bonds is 10. The third kappa shape index (κ3) is 5.79. The smallest absolute Gasteiger partial charge is 0.206 e. The Kier molecular flexibility index (Phi) is 8.79. The third-order valence-electron chi connectivity index (χ3n) is 2.79. The van der Waals surface area contributed by atoms with Crippen molar-refractivity contribution in [2.75, 3.05) is 41.3 Å². The number of hydrogen-bond acceptors (Lipinski definition) is 5. The largest absolute Gasteiger partial charge is 0.493 e. The van der Waals surface area contributed by atoms with Crippen LogP contribution < -0.4 is 14.2 Å². The molecule has 0 radical (unpaired) electrons. The van der Waals surface area contributed by atoms with Gasteiger partial charge in [-0.3, -0.25) is 0 Å². The maximum absolute atomic E-state index is 5.61. The van der Waals surface area contributed by atoms with Crippen LogP contribution in [-0.2, 0) is 9.47 Å². The van der Waals surface area contributed by atoms with Gasteiger partial charge in [0.25, 0.3) is 0 Å². The van der Waals surface area contributed by atoms with E-state index in [0.29, 0.717) is 30.5 Å². The van der Waals surface area contributed by atoms with E-state index in [9.17, 15) is 0 Å². The summed E-state index contributed by atoms with van der Waals surface area (Å²) in [6.45, 7) is 3.05. The average Bonchev–Trinajstić information content (AvgIpc) is 2.55. The summed E-state index contributed by atoms with van der Waals surface area (Å²) in [5.41, 5.74) is 0.958. The Balaban J connectivity index is 2.86. The molecule has 0 aliphatic carbocycles. The molecule has 0 aromatic heterocycles. The van der Waals surface area contributed by atoms with Crippen LogP contribution in [0, 0.1) is 0 Å². The predicted octanol–water partition coefficient (Wildman–Crippen LogP) is 3.29. The molecule has 1 aromatic carbocycles. The Morgan fingerprint density at radius 3 is 2.18 bits per heavy atom. The minimum Gasteiger partial charge on any atom is -0.493 e. The highest BCUT2D eigenvalue weighted by Gasteiger charge is 2.13. The Hall–Kier alpha value is -1.98. The first kappa shape index (κ1) is 18.1. The highest BCUT2D eigenvalue weighted by atomic mass is 16.7. The Bertz CT molecular complexity index is 469. The molecular weight excluding hydrogens is 284 g/mol. The lowest BCUT2D eigenvalue weighted by atomic mass is 10.1. The molecule has 5 heteroatoms. The molecule has 0 aliphatic heterocycles. The van der Waals surface area contributed by atoms with Crippen molar-refractivity contribution in [2.45, 2.75) is 6.92 Å². The second-order valence-corrected chi connectivity index (χ2v) is 4.30. The molecule has 0 spiro atoms. The zero-order valence-electron chi connectivity index (χ0n) is 13.6. The first-order valence-corrected chi connectivity index (χ1v) is 7.01. The van der Waals surface area contributed by atoms with Gasteiger partial charge in [-0.2, -0.15) is 0 Å². The predicted molar refractivity (Wildman–Crippen MR) is 86.7 cm³/mol. The molecule has 0 heterocycles. The van der Waals surface area contributed by atoms with E-state index in [1.165, 1.54) is 0 Å². The summed E-state index contributed by atoms with van der Waals surface area (Å²) in [5, 5.41) is 0. The number of ether oxygens (including phenoxy) is 5. The molecule has 0 amide bonds. The van der Waals surface area contributed by atoms with Crippen molar-refractivity contribution in [3.8, 4) is 17.2 Å². The molecule has 0 fully saturated rings. The van der Waals surface area contributed by atoms with Gasteiger partial charge < -0.3 is 23.7 Å². The number of benzene rings is 1. The van der Waals surface area contributed by atoms with E-state index in [2.05, 4.69) is 0 Å². The Labute approximate surface area is 132 Å². The average molecular weight is 308 g/mol. The van der Waals surface area contributed by atoms with Gasteiger partial charge in [-0.1, -0.05) is 24.3 Å². The summed E-state index contributed by atoms with van der Waals surface area (Å²) >= 11 is 0. The van der Waals surface area contributed by atoms with Crippen molar-refractivity contribution in [3.63, 3.8) is 0 Å². The van der Waals surface area contributed by atoms with Crippen molar-refractivity contribution in [1.29, 1.82) is 0 Å². The third-order valence-corrected chi connectivity index (χ3v) is 2.79. The van der Waals surface area contributed by atoms with Gasteiger partial charge in [-0.25, -0.2) is 0 Å². The lowest BCUT2D eigenvalue weighted by Gasteiger charge is -2.15. The van der Waals surface area contributed by atoms with Crippen LogP contribution in [0.3, 0.4) is 0 Å². The molecule has 0 saturated carbocycles. The first-order chi connectivity index (χ1) is 10.8. The van der Waals surface area contributed by atoms with Gasteiger partial charge in [0.15, 0.2) is 18.3 Å². The van der Waals surface area contributed by atoms with E-state index < -0.39 is 0 Å². The molecule has 0 N–H and O–H groups in total. The Morgan fingerprint density at radius 1 is 0.955 bits per heavy atom. The van der Waals surface area contributed by atoms with Crippen molar-refractivity contribution in [3.05, 3.63) is 35.9 Å². The monoisotopic (exact) mass is 308 g/mol. The van der Waals surface area contributed by atoms with Gasteiger partial charge in [0.05, 0.1) is 27.4 Å². The van der Waals surface area contributed by atoms with Crippen LogP contribution in [0.25, 0.3) is 6.08 Å². The highest BCUT2D eigenvalue weighted by Crippen LogP contribution is 2.38. The highest BCUT2D eigenvalue weighted by molar-refractivity contribution is 5.62. The number of allylic oxidation sites excluding steroid dienone is 3. The fourth-order valence-corrected chi connectivity index (χ4v) is 1.72. The van der Waals surface area contributed by atoms with Gasteiger partial charge in [0.1, 0.15) is 0 Å². The summed E-state index contributed by atoms with van der Waals surface area (Å²) in [7, 11) is 4.80. The maximum Gasteiger partial charge on any atom is 0.206 e. The minimum absolute atomic E-state index is 0.101. The number of methoxy groups -OCH3 is 3. The quantitative estimate of drug-likeness (QED) is 0.377. The van der Waals surface area contributed by atoms with E-state index in [0.717, 1.165) is 5.56 Å². The molecule has 5 nitrogen and oxygen atoms in total. The second-order valence-electron chi connectivity index (χ2n) is 4.30. The molecule has 1 rings (SSSR count). The van der Waals surface area contributed by atoms with Gasteiger partial charge in [-0.15, -0.1) is 0 Å². The van der Waals surface area contributed by atoms with Gasteiger partial charge in [-0.05, 0) is 24.6 Å². The van der Waals surface area contributed by atoms with Crippen molar-refractivity contribution >= 4 is 6.08 Å². The molecule has 22 heavy (non-hydrogen) atoms. The minimum atomic E-state index is 0.101. The lowest BCUT2D eigenvalue weighted by molar-refractivity contribution is -0.0105. The molecule has 0 unspecified atom stereocenters. The SMILES string of the molecule is CC=CC=Cc1cc(OC)c(OCOCCOC)c(OC)c1. The molecule has 0 bridgehead atoms. The van der Waals surface area contributed by atoms with Gasteiger partial charge in [0.2, 0.25) is 5.75 Å². The van der Waals surface area contributed by atoms with Crippen LogP contribution >= 0.6 is 0 Å². The molecule has 0 aliphatic rings. The fraction of sp³-hybridized carbons (Fsp3) is 0.412. The summed E-state index contributed by atoms with van der Waals surface area (Å²) in [5.74, 6) is 1.70. The molecule has 0 saturated heterocycles. The maximum atomic E-state index is 5.61. The van der Waals surface area contributed by atoms with E-state index in [4.69, 9.17) is 23.7 Å². The van der Waals surface area contributed by atoms with E-state index in [1.807, 2.05) is 43.4 Å². The van der Waals surface area contributed by atoms with E-state index in [-0.39, 0.29) is 6.79 Å². The second kappa shape index (κ2) is 10.7. The Morgan fingerprint density at radius 2 is 1.64 bits per heavy atom. The van der Waals surface area contributed by atoms with Crippen molar-refractivity contribution in [2.24, 2.45) is 0 Å². The summed E-state index contributed by atoms with van der Waals surface area (Å²) in [4.78, 5) is 0. The van der Waals surface area contributed by atoms with Crippen LogP contribution in [-0.4, -0.2) is 41.3 Å². The summed E-state index contributed by atoms with van der Waals surface area (Å²) in [6.07, 6.45) is 7.82. The summed E-state index contributed by atoms with van der Waals surface area (Å²) < 4.78 is 26.6. The van der Waals surface area contributed by atoms with Crippen LogP contribution in [0.15, 0.2) is 30.4 Å². The zero-order valence-corrected chi connectivity index (χ0v) is 13.6. The van der Waals surface area contributed by atoms with Gasteiger partial charge in [0, 0.05) is 7.11 Å². The molecular formula is C17H24O5. The molecule has 122 valence electrons. The van der Waals surface area contributed by atoms with Crippen LogP contribution in [0.4, 0.5) is 0 Å². The van der Waals surface area contributed by atoms with Crippen molar-refractivity contribution in [1.82, 2.24) is 0 Å². The standard InChI is InChI=1S/C17H24O5/c1-5-6-7-8-14-11-15(19-3)17(16(12-14)20-4)22-13-21-10-9-18-2/h5-8,11-12H,9-10,13H2,1-4H3. The lowest BCUT2D eigenvalue weighted by Crippen LogP contribution is -2.09. The number of hydrogen-bond donors (Lipinski definition) is 0. The summed E-state index contributed by atoms with van der Waals surface area (Å²) in [6, 6.07) is 3.76. The molecule has 0 atom stereocenters. The first-order valence-electron chi connectivity index (χ1n) is 7.01.